The van der Waals surface area contributed by atoms with E-state index >= 15 is 0 Å². The Bertz CT molecular complexity index is 829. The van der Waals surface area contributed by atoms with Gasteiger partial charge >= 0.3 is 0 Å². The summed E-state index contributed by atoms with van der Waals surface area (Å²) in [7, 11) is 0.126. The van der Waals surface area contributed by atoms with Crippen LogP contribution in [0.3, 0.4) is 0 Å². The molecule has 2 fully saturated rings. The Kier molecular flexibility index (Phi) is 4.22. The molecule has 4 rings (SSSR count). The molecule has 2 aromatic heterocycles. The number of ether oxygens (including phenoxy) is 2. The molecule has 1 unspecified atom stereocenters. The molecule has 0 spiro atoms. The summed E-state index contributed by atoms with van der Waals surface area (Å²) in [6.45, 7) is 3.82. The van der Waals surface area contributed by atoms with Crippen LogP contribution in [0.25, 0.3) is 11.2 Å². The standard InChI is InChI=1S/C15H20N5O3PS/c1-15(2)22-10-7(5-24-21)4-8(11(10)23-15)20-6-17-9-12(16)18-14(25-3)19-13(9)20/h6-8,10-11H,4-5H2,1-3H3,(H2,16,18,19)/t7-,8-,10?,11-/m1/s1. The number of hydrogen-bond acceptors (Lipinski definition) is 8. The highest BCUT2D eigenvalue weighted by molar-refractivity contribution is 7.98. The number of nitrogens with zero attached hydrogens (tertiary/aromatic N) is 4. The summed E-state index contributed by atoms with van der Waals surface area (Å²) in [6.07, 6.45) is 4.79. The first kappa shape index (κ1) is 17.1. The fourth-order valence-electron chi connectivity index (χ4n) is 3.86. The third kappa shape index (κ3) is 2.83. The molecule has 0 radical (unpaired) electrons. The lowest BCUT2D eigenvalue weighted by atomic mass is 10.1. The SMILES string of the molecule is CSc1nc(N)c2ncn([C@@H]3C[C@H](CP=O)C4OC(C)(C)O[C@@H]43)c2n1. The lowest BCUT2D eigenvalue weighted by molar-refractivity contribution is -0.159. The highest BCUT2D eigenvalue weighted by Gasteiger charge is 2.54. The van der Waals surface area contributed by atoms with E-state index in [1.165, 1.54) is 11.8 Å². The summed E-state index contributed by atoms with van der Waals surface area (Å²) in [5, 5.41) is 0.611. The first-order valence-corrected chi connectivity index (χ1v) is 10.3. The minimum Gasteiger partial charge on any atom is -0.382 e. The molecule has 8 nitrogen and oxygen atoms in total. The van der Waals surface area contributed by atoms with Gasteiger partial charge in [-0.25, -0.2) is 15.0 Å². The third-order valence-corrected chi connectivity index (χ3v) is 5.99. The van der Waals surface area contributed by atoms with E-state index in [9.17, 15) is 4.57 Å². The van der Waals surface area contributed by atoms with Crippen LogP contribution < -0.4 is 5.73 Å². The number of nitrogen functional groups attached to an aromatic ring is 1. The number of imidazole rings is 1. The third-order valence-electron chi connectivity index (χ3n) is 4.83. The minimum absolute atomic E-state index is 0.00697. The predicted octanol–water partition coefficient (Wildman–Crippen LogP) is 2.50. The minimum atomic E-state index is -0.652. The molecule has 1 saturated carbocycles. The maximum Gasteiger partial charge on any atom is 0.191 e. The van der Waals surface area contributed by atoms with Gasteiger partial charge in [0.15, 0.2) is 30.9 Å². The zero-order valence-electron chi connectivity index (χ0n) is 14.2. The average Bonchev–Trinajstić information content (AvgIpc) is 3.20. The van der Waals surface area contributed by atoms with Crippen molar-refractivity contribution in [2.45, 2.75) is 49.5 Å². The lowest BCUT2D eigenvalue weighted by Crippen LogP contribution is -2.27. The van der Waals surface area contributed by atoms with Gasteiger partial charge in [0.2, 0.25) is 0 Å². The number of thioether (sulfide) groups is 1. The topological polar surface area (TPSA) is 105 Å². The molecule has 4 atom stereocenters. The number of aromatic nitrogens is 4. The highest BCUT2D eigenvalue weighted by atomic mass is 32.2. The van der Waals surface area contributed by atoms with E-state index in [2.05, 4.69) is 15.0 Å². The van der Waals surface area contributed by atoms with Crippen molar-refractivity contribution in [1.82, 2.24) is 19.5 Å². The maximum atomic E-state index is 11.2. The second kappa shape index (κ2) is 6.16. The zero-order chi connectivity index (χ0) is 17.8. The molecular formula is C15H20N5O3PS. The van der Waals surface area contributed by atoms with Gasteiger partial charge in [0.05, 0.1) is 18.5 Å². The van der Waals surface area contributed by atoms with Gasteiger partial charge in [-0.3, -0.25) is 4.57 Å². The summed E-state index contributed by atoms with van der Waals surface area (Å²) in [5.74, 6) is -0.116. The van der Waals surface area contributed by atoms with Crippen molar-refractivity contribution >= 4 is 37.2 Å². The van der Waals surface area contributed by atoms with Crippen LogP contribution in [-0.2, 0) is 14.0 Å². The van der Waals surface area contributed by atoms with Crippen molar-refractivity contribution in [2.24, 2.45) is 5.92 Å². The van der Waals surface area contributed by atoms with Crippen LogP contribution in [0, 0.1) is 5.92 Å². The summed E-state index contributed by atoms with van der Waals surface area (Å²) in [6, 6.07) is 0.00697. The second-order valence-electron chi connectivity index (χ2n) is 6.86. The van der Waals surface area contributed by atoms with Crippen LogP contribution in [0.4, 0.5) is 5.82 Å². The Balaban J connectivity index is 1.77. The molecule has 2 aliphatic rings. The van der Waals surface area contributed by atoms with E-state index in [0.717, 1.165) is 6.42 Å². The zero-order valence-corrected chi connectivity index (χ0v) is 16.0. The van der Waals surface area contributed by atoms with Crippen LogP contribution >= 0.6 is 20.2 Å². The number of hydrogen-bond donors (Lipinski definition) is 1. The molecule has 0 aromatic carbocycles. The summed E-state index contributed by atoms with van der Waals surface area (Å²) >= 11 is 1.44. The van der Waals surface area contributed by atoms with Gasteiger partial charge in [-0.2, -0.15) is 0 Å². The van der Waals surface area contributed by atoms with Crippen LogP contribution in [0.5, 0.6) is 0 Å². The molecule has 2 N–H and O–H groups in total. The van der Waals surface area contributed by atoms with Gasteiger partial charge in [0.1, 0.15) is 11.6 Å². The van der Waals surface area contributed by atoms with E-state index in [4.69, 9.17) is 15.2 Å². The summed E-state index contributed by atoms with van der Waals surface area (Å²) in [4.78, 5) is 13.2. The number of rotatable bonds is 4. The Labute approximate surface area is 151 Å². The molecule has 1 saturated heterocycles. The van der Waals surface area contributed by atoms with Crippen molar-refractivity contribution in [3.05, 3.63) is 6.33 Å². The van der Waals surface area contributed by atoms with Crippen molar-refractivity contribution in [2.75, 3.05) is 18.2 Å². The van der Waals surface area contributed by atoms with Crippen molar-refractivity contribution in [1.29, 1.82) is 0 Å². The molecule has 134 valence electrons. The van der Waals surface area contributed by atoms with E-state index in [0.29, 0.717) is 28.3 Å². The van der Waals surface area contributed by atoms with Gasteiger partial charge < -0.3 is 19.8 Å². The van der Waals surface area contributed by atoms with Gasteiger partial charge in [-0.05, 0) is 26.5 Å². The van der Waals surface area contributed by atoms with Crippen molar-refractivity contribution in [3.8, 4) is 0 Å². The lowest BCUT2D eigenvalue weighted by Gasteiger charge is -2.23. The van der Waals surface area contributed by atoms with Crippen LogP contribution in [0.1, 0.15) is 26.3 Å². The smallest absolute Gasteiger partial charge is 0.191 e. The number of fused-ring (bicyclic) bond motifs is 2. The molecule has 0 bridgehead atoms. The first-order valence-electron chi connectivity index (χ1n) is 8.12. The molecule has 25 heavy (non-hydrogen) atoms. The first-order chi connectivity index (χ1) is 11.9. The van der Waals surface area contributed by atoms with Crippen molar-refractivity contribution in [3.63, 3.8) is 0 Å². The Morgan fingerprint density at radius 1 is 1.40 bits per heavy atom. The highest BCUT2D eigenvalue weighted by Crippen LogP contribution is 2.48. The fraction of sp³-hybridized carbons (Fsp3) is 0.667. The van der Waals surface area contributed by atoms with Gasteiger partial charge in [0.25, 0.3) is 0 Å². The largest absolute Gasteiger partial charge is 0.382 e. The average molecular weight is 381 g/mol. The van der Waals surface area contributed by atoms with Crippen molar-refractivity contribution < 1.29 is 14.0 Å². The predicted molar refractivity (Wildman–Crippen MR) is 95.0 cm³/mol. The monoisotopic (exact) mass is 381 g/mol. The molecule has 1 aliphatic carbocycles. The van der Waals surface area contributed by atoms with Crippen LogP contribution in [-0.4, -0.2) is 49.9 Å². The van der Waals surface area contributed by atoms with Crippen LogP contribution in [0.2, 0.25) is 0 Å². The summed E-state index contributed by atoms with van der Waals surface area (Å²) < 4.78 is 25.4. The van der Waals surface area contributed by atoms with E-state index in [1.54, 1.807) is 6.33 Å². The van der Waals surface area contributed by atoms with E-state index in [-0.39, 0.29) is 32.6 Å². The second-order valence-corrected chi connectivity index (χ2v) is 8.26. The summed E-state index contributed by atoms with van der Waals surface area (Å²) in [5.41, 5.74) is 7.33. The number of anilines is 1. The maximum absolute atomic E-state index is 11.2. The molecule has 3 heterocycles. The van der Waals surface area contributed by atoms with Gasteiger partial charge in [-0.1, -0.05) is 11.8 Å². The Morgan fingerprint density at radius 3 is 2.88 bits per heavy atom. The molecular weight excluding hydrogens is 361 g/mol. The molecule has 2 aromatic rings. The van der Waals surface area contributed by atoms with Crippen LogP contribution in [0.15, 0.2) is 11.5 Å². The Hall–Kier alpha value is -1.28. The molecule has 10 heteroatoms. The number of nitrogens with two attached hydrogens (primary N) is 1. The van der Waals surface area contributed by atoms with Gasteiger partial charge in [-0.15, -0.1) is 0 Å². The van der Waals surface area contributed by atoms with E-state index < -0.39 is 5.79 Å². The molecule has 0 amide bonds. The Morgan fingerprint density at radius 2 is 2.16 bits per heavy atom. The fourth-order valence-corrected chi connectivity index (χ4v) is 4.77. The quantitative estimate of drug-likeness (QED) is 0.489. The van der Waals surface area contributed by atoms with E-state index in [1.807, 2.05) is 24.7 Å². The normalized spacial score (nSPS) is 31.0. The van der Waals surface area contributed by atoms with Gasteiger partial charge in [0, 0.05) is 12.1 Å². The molecule has 1 aliphatic heterocycles.